The van der Waals surface area contributed by atoms with Crippen molar-refractivity contribution in [1.29, 1.82) is 0 Å². The molecule has 4 rings (SSSR count). The van der Waals surface area contributed by atoms with Gasteiger partial charge in [0.1, 0.15) is 5.82 Å². The van der Waals surface area contributed by atoms with Crippen molar-refractivity contribution in [2.75, 3.05) is 6.54 Å². The van der Waals surface area contributed by atoms with Crippen molar-refractivity contribution in [2.45, 2.75) is 39.7 Å². The van der Waals surface area contributed by atoms with Crippen LogP contribution in [0.2, 0.25) is 0 Å². The first kappa shape index (κ1) is 18.3. The van der Waals surface area contributed by atoms with E-state index in [1.165, 1.54) is 23.3 Å². The Morgan fingerprint density at radius 3 is 2.54 bits per heavy atom. The van der Waals surface area contributed by atoms with Gasteiger partial charge in [-0.05, 0) is 74.6 Å². The summed E-state index contributed by atoms with van der Waals surface area (Å²) in [4.78, 5) is 15.2. The smallest absolute Gasteiger partial charge is 0.276 e. The molecular formula is C22H23FN4O. The predicted octanol–water partition coefficient (Wildman–Crippen LogP) is 4.31. The van der Waals surface area contributed by atoms with Crippen LogP contribution in [0.4, 0.5) is 4.39 Å². The molecule has 0 bridgehead atoms. The molecule has 28 heavy (non-hydrogen) atoms. The molecule has 2 aromatic carbocycles. The lowest BCUT2D eigenvalue weighted by molar-refractivity contribution is 0.0728. The van der Waals surface area contributed by atoms with Gasteiger partial charge in [-0.2, -0.15) is 0 Å². The van der Waals surface area contributed by atoms with Gasteiger partial charge in [0.05, 0.1) is 17.4 Å². The molecule has 1 unspecified atom stereocenters. The third kappa shape index (κ3) is 3.19. The summed E-state index contributed by atoms with van der Waals surface area (Å²) in [5.74, 6) is -0.419. The van der Waals surface area contributed by atoms with Crippen molar-refractivity contribution in [1.82, 2.24) is 19.9 Å². The lowest BCUT2D eigenvalue weighted by Gasteiger charge is -2.25. The third-order valence-electron chi connectivity index (χ3n) is 5.60. The van der Waals surface area contributed by atoms with Crippen molar-refractivity contribution < 1.29 is 9.18 Å². The Morgan fingerprint density at radius 2 is 1.82 bits per heavy atom. The van der Waals surface area contributed by atoms with E-state index in [2.05, 4.69) is 42.4 Å². The van der Waals surface area contributed by atoms with Gasteiger partial charge in [0.25, 0.3) is 5.91 Å². The summed E-state index contributed by atoms with van der Waals surface area (Å²) >= 11 is 0. The van der Waals surface area contributed by atoms with E-state index in [0.717, 1.165) is 18.4 Å². The molecule has 1 fully saturated rings. The minimum absolute atomic E-state index is 0.0576. The van der Waals surface area contributed by atoms with E-state index in [0.29, 0.717) is 23.6 Å². The first-order valence-electron chi connectivity index (χ1n) is 9.52. The maximum atomic E-state index is 13.3. The molecule has 0 N–H and O–H groups in total. The fraction of sp³-hybridized carbons (Fsp3) is 0.318. The molecule has 5 nitrogen and oxygen atoms in total. The van der Waals surface area contributed by atoms with Crippen molar-refractivity contribution in [2.24, 2.45) is 0 Å². The molecular weight excluding hydrogens is 355 g/mol. The van der Waals surface area contributed by atoms with Gasteiger partial charge in [-0.15, -0.1) is 5.10 Å². The Labute approximate surface area is 163 Å². The Hall–Kier alpha value is -3.02. The molecule has 2 heterocycles. The first-order valence-corrected chi connectivity index (χ1v) is 9.52. The number of aromatic nitrogens is 3. The number of carbonyl (C=O) groups excluding carboxylic acids is 1. The highest BCUT2D eigenvalue weighted by atomic mass is 19.1. The third-order valence-corrected chi connectivity index (χ3v) is 5.60. The quantitative estimate of drug-likeness (QED) is 0.682. The van der Waals surface area contributed by atoms with Crippen LogP contribution < -0.4 is 0 Å². The molecule has 144 valence electrons. The van der Waals surface area contributed by atoms with E-state index in [-0.39, 0.29) is 17.8 Å². The second-order valence-corrected chi connectivity index (χ2v) is 7.41. The fourth-order valence-corrected chi connectivity index (χ4v) is 3.82. The van der Waals surface area contributed by atoms with E-state index < -0.39 is 0 Å². The van der Waals surface area contributed by atoms with Gasteiger partial charge in [0, 0.05) is 6.54 Å². The second kappa shape index (κ2) is 7.19. The largest absolute Gasteiger partial charge is 0.330 e. The molecule has 0 radical (unpaired) electrons. The number of carbonyl (C=O) groups is 1. The van der Waals surface area contributed by atoms with Crippen molar-refractivity contribution in [3.63, 3.8) is 0 Å². The molecule has 1 aromatic heterocycles. The summed E-state index contributed by atoms with van der Waals surface area (Å²) in [7, 11) is 0. The van der Waals surface area contributed by atoms with Gasteiger partial charge in [0.15, 0.2) is 5.69 Å². The maximum Gasteiger partial charge on any atom is 0.276 e. The summed E-state index contributed by atoms with van der Waals surface area (Å²) in [5.41, 5.74) is 5.32. The Balaban J connectivity index is 1.63. The van der Waals surface area contributed by atoms with Crippen molar-refractivity contribution in [3.05, 3.63) is 76.4 Å². The molecule has 1 saturated heterocycles. The van der Waals surface area contributed by atoms with Crippen LogP contribution in [0, 0.1) is 26.6 Å². The molecule has 0 saturated carbocycles. The number of rotatable bonds is 3. The molecule has 0 aliphatic carbocycles. The van der Waals surface area contributed by atoms with E-state index in [9.17, 15) is 9.18 Å². The van der Waals surface area contributed by atoms with Gasteiger partial charge in [-0.25, -0.2) is 9.07 Å². The summed E-state index contributed by atoms with van der Waals surface area (Å²) in [6.07, 6.45) is 1.91. The average Bonchev–Trinajstić information content (AvgIpc) is 3.31. The van der Waals surface area contributed by atoms with E-state index in [1.54, 1.807) is 16.8 Å². The second-order valence-electron chi connectivity index (χ2n) is 7.41. The topological polar surface area (TPSA) is 51.0 Å². The van der Waals surface area contributed by atoms with Crippen LogP contribution in [0.25, 0.3) is 5.69 Å². The molecule has 1 aliphatic rings. The average molecular weight is 378 g/mol. The SMILES string of the molecule is Cc1ccc(C2CCCN2C(=O)c2nnn(-c3ccc(F)cc3)c2C)cc1C. The van der Waals surface area contributed by atoms with Crippen LogP contribution in [-0.4, -0.2) is 32.3 Å². The zero-order valence-electron chi connectivity index (χ0n) is 16.3. The highest BCUT2D eigenvalue weighted by Crippen LogP contribution is 2.34. The van der Waals surface area contributed by atoms with E-state index in [4.69, 9.17) is 0 Å². The Kier molecular flexibility index (Phi) is 4.71. The lowest BCUT2D eigenvalue weighted by Crippen LogP contribution is -2.31. The Morgan fingerprint density at radius 1 is 1.07 bits per heavy atom. The molecule has 1 atom stereocenters. The molecule has 0 spiro atoms. The molecule has 6 heteroatoms. The number of hydrogen-bond donors (Lipinski definition) is 0. The van der Waals surface area contributed by atoms with Crippen LogP contribution in [0.1, 0.15) is 51.8 Å². The monoisotopic (exact) mass is 378 g/mol. The Bertz CT molecular complexity index is 1030. The highest BCUT2D eigenvalue weighted by molar-refractivity contribution is 5.93. The minimum Gasteiger partial charge on any atom is -0.330 e. The summed E-state index contributed by atoms with van der Waals surface area (Å²) in [5, 5.41) is 8.28. The molecule has 3 aromatic rings. The lowest BCUT2D eigenvalue weighted by atomic mass is 9.99. The molecule has 1 amide bonds. The van der Waals surface area contributed by atoms with Crippen molar-refractivity contribution in [3.8, 4) is 5.69 Å². The van der Waals surface area contributed by atoms with Crippen LogP contribution in [0.3, 0.4) is 0 Å². The number of halogens is 1. The van der Waals surface area contributed by atoms with Gasteiger partial charge >= 0.3 is 0 Å². The van der Waals surface area contributed by atoms with Gasteiger partial charge in [-0.3, -0.25) is 4.79 Å². The van der Waals surface area contributed by atoms with Crippen LogP contribution in [0.5, 0.6) is 0 Å². The standard InChI is InChI=1S/C22H23FN4O/c1-14-6-7-17(13-15(14)2)20-5-4-12-26(20)22(28)21-16(3)27(25-24-21)19-10-8-18(23)9-11-19/h6-11,13,20H,4-5,12H2,1-3H3. The van der Waals surface area contributed by atoms with Gasteiger partial charge < -0.3 is 4.90 Å². The number of nitrogens with zero attached hydrogens (tertiary/aromatic N) is 4. The van der Waals surface area contributed by atoms with E-state index >= 15 is 0 Å². The summed E-state index contributed by atoms with van der Waals surface area (Å²) in [6.45, 7) is 6.71. The zero-order chi connectivity index (χ0) is 19.8. The van der Waals surface area contributed by atoms with Gasteiger partial charge in [0.2, 0.25) is 0 Å². The maximum absolute atomic E-state index is 13.3. The summed E-state index contributed by atoms with van der Waals surface area (Å²) < 4.78 is 14.8. The minimum atomic E-state index is -0.314. The van der Waals surface area contributed by atoms with Gasteiger partial charge in [-0.1, -0.05) is 23.4 Å². The van der Waals surface area contributed by atoms with Crippen LogP contribution in [-0.2, 0) is 0 Å². The van der Waals surface area contributed by atoms with E-state index in [1.807, 2.05) is 11.8 Å². The normalized spacial score (nSPS) is 16.6. The number of amides is 1. The summed E-state index contributed by atoms with van der Waals surface area (Å²) in [6, 6.07) is 12.4. The highest BCUT2D eigenvalue weighted by Gasteiger charge is 2.33. The predicted molar refractivity (Wildman–Crippen MR) is 105 cm³/mol. The number of likely N-dealkylation sites (tertiary alicyclic amines) is 1. The molecule has 1 aliphatic heterocycles. The fourth-order valence-electron chi connectivity index (χ4n) is 3.82. The number of hydrogen-bond acceptors (Lipinski definition) is 3. The number of benzene rings is 2. The number of aryl methyl sites for hydroxylation is 2. The van der Waals surface area contributed by atoms with Crippen LogP contribution in [0.15, 0.2) is 42.5 Å². The first-order chi connectivity index (χ1) is 13.5. The van der Waals surface area contributed by atoms with Crippen LogP contribution >= 0.6 is 0 Å². The van der Waals surface area contributed by atoms with Crippen molar-refractivity contribution >= 4 is 5.91 Å². The zero-order valence-corrected chi connectivity index (χ0v) is 16.3.